The Labute approximate surface area is 48.4 Å². The standard InChI is InChI=1S/C5H8ClN/c1-4-2-5(6)3-7-4/h3-4,7H,2H2,1H3. The maximum atomic E-state index is 5.61. The van der Waals surface area contributed by atoms with Crippen LogP contribution < -0.4 is 5.32 Å². The molecule has 1 nitrogen and oxygen atoms in total. The van der Waals surface area contributed by atoms with Crippen LogP contribution in [0.1, 0.15) is 13.3 Å². The summed E-state index contributed by atoms with van der Waals surface area (Å²) in [6, 6.07) is 0.549. The largest absolute Gasteiger partial charge is 0.387 e. The molecule has 1 aliphatic heterocycles. The molecule has 1 rings (SSSR count). The lowest BCUT2D eigenvalue weighted by molar-refractivity contribution is 0.688. The van der Waals surface area contributed by atoms with Gasteiger partial charge in [0, 0.05) is 23.7 Å². The molecule has 0 aliphatic carbocycles. The molecule has 0 saturated carbocycles. The van der Waals surface area contributed by atoms with E-state index in [1.807, 2.05) is 6.20 Å². The quantitative estimate of drug-likeness (QED) is 0.507. The topological polar surface area (TPSA) is 12.0 Å². The molecule has 0 aromatic carbocycles. The Kier molecular flexibility index (Phi) is 1.24. The Morgan fingerprint density at radius 3 is 2.86 bits per heavy atom. The van der Waals surface area contributed by atoms with Crippen molar-refractivity contribution in [1.29, 1.82) is 0 Å². The van der Waals surface area contributed by atoms with Crippen LogP contribution in [-0.2, 0) is 0 Å². The second-order valence-corrected chi connectivity index (χ2v) is 2.35. The molecule has 0 radical (unpaired) electrons. The van der Waals surface area contributed by atoms with Crippen LogP contribution in [-0.4, -0.2) is 6.04 Å². The molecule has 0 bridgehead atoms. The molecular formula is C5H8ClN. The zero-order valence-corrected chi connectivity index (χ0v) is 5.00. The van der Waals surface area contributed by atoms with Crippen LogP contribution in [0.15, 0.2) is 11.2 Å². The summed E-state index contributed by atoms with van der Waals surface area (Å²) >= 11 is 5.61. The Bertz CT molecular complexity index is 98.3. The zero-order valence-electron chi connectivity index (χ0n) is 4.24. The van der Waals surface area contributed by atoms with Gasteiger partial charge in [-0.15, -0.1) is 0 Å². The molecule has 1 heterocycles. The summed E-state index contributed by atoms with van der Waals surface area (Å²) in [4.78, 5) is 0. The van der Waals surface area contributed by atoms with Gasteiger partial charge in [0.25, 0.3) is 0 Å². The first-order valence-electron chi connectivity index (χ1n) is 2.39. The number of hydrogen-bond donors (Lipinski definition) is 1. The smallest absolute Gasteiger partial charge is 0.0357 e. The van der Waals surface area contributed by atoms with E-state index in [1.54, 1.807) is 0 Å². The Hall–Kier alpha value is -0.170. The van der Waals surface area contributed by atoms with Crippen molar-refractivity contribution in [2.24, 2.45) is 0 Å². The highest BCUT2D eigenvalue weighted by molar-refractivity contribution is 6.29. The van der Waals surface area contributed by atoms with Crippen LogP contribution in [0.5, 0.6) is 0 Å². The number of hydrogen-bond acceptors (Lipinski definition) is 1. The third-order valence-electron chi connectivity index (χ3n) is 1.03. The molecule has 0 fully saturated rings. The normalized spacial score (nSPS) is 29.4. The van der Waals surface area contributed by atoms with Crippen LogP contribution in [0, 0.1) is 0 Å². The van der Waals surface area contributed by atoms with Gasteiger partial charge in [0.05, 0.1) is 0 Å². The van der Waals surface area contributed by atoms with Crippen LogP contribution >= 0.6 is 11.6 Å². The van der Waals surface area contributed by atoms with Gasteiger partial charge in [0.15, 0.2) is 0 Å². The summed E-state index contributed by atoms with van der Waals surface area (Å²) < 4.78 is 0. The highest BCUT2D eigenvalue weighted by atomic mass is 35.5. The molecule has 7 heavy (non-hydrogen) atoms. The molecule has 0 aromatic rings. The van der Waals surface area contributed by atoms with Gasteiger partial charge < -0.3 is 5.32 Å². The fourth-order valence-corrected chi connectivity index (χ4v) is 0.937. The van der Waals surface area contributed by atoms with E-state index < -0.39 is 0 Å². The van der Waals surface area contributed by atoms with Gasteiger partial charge in [0.1, 0.15) is 0 Å². The van der Waals surface area contributed by atoms with E-state index in [9.17, 15) is 0 Å². The van der Waals surface area contributed by atoms with Gasteiger partial charge in [-0.25, -0.2) is 0 Å². The van der Waals surface area contributed by atoms with Crippen molar-refractivity contribution in [3.8, 4) is 0 Å². The first-order valence-corrected chi connectivity index (χ1v) is 2.77. The fraction of sp³-hybridized carbons (Fsp3) is 0.600. The maximum absolute atomic E-state index is 5.61. The lowest BCUT2D eigenvalue weighted by atomic mass is 10.3. The van der Waals surface area contributed by atoms with E-state index in [0.717, 1.165) is 11.5 Å². The van der Waals surface area contributed by atoms with Crippen molar-refractivity contribution >= 4 is 11.6 Å². The summed E-state index contributed by atoms with van der Waals surface area (Å²) in [6.07, 6.45) is 2.84. The molecule has 1 aliphatic rings. The summed E-state index contributed by atoms with van der Waals surface area (Å²) in [7, 11) is 0. The van der Waals surface area contributed by atoms with Crippen molar-refractivity contribution in [1.82, 2.24) is 5.32 Å². The first kappa shape index (κ1) is 4.98. The highest BCUT2D eigenvalue weighted by Crippen LogP contribution is 2.14. The summed E-state index contributed by atoms with van der Waals surface area (Å²) in [5.74, 6) is 0. The second kappa shape index (κ2) is 1.74. The summed E-state index contributed by atoms with van der Waals surface area (Å²) in [6.45, 7) is 2.10. The summed E-state index contributed by atoms with van der Waals surface area (Å²) in [5.41, 5.74) is 0. The lowest BCUT2D eigenvalue weighted by Gasteiger charge is -1.97. The molecule has 0 aromatic heterocycles. The lowest BCUT2D eigenvalue weighted by Crippen LogP contribution is -2.12. The minimum Gasteiger partial charge on any atom is -0.387 e. The van der Waals surface area contributed by atoms with Gasteiger partial charge >= 0.3 is 0 Å². The molecule has 0 spiro atoms. The number of halogens is 1. The Balaban J connectivity index is 2.42. The molecule has 0 amide bonds. The summed E-state index contributed by atoms with van der Waals surface area (Å²) in [5, 5.41) is 4.01. The van der Waals surface area contributed by atoms with Gasteiger partial charge in [0.2, 0.25) is 0 Å². The molecule has 1 N–H and O–H groups in total. The van der Waals surface area contributed by atoms with E-state index in [0.29, 0.717) is 6.04 Å². The van der Waals surface area contributed by atoms with Gasteiger partial charge in [-0.1, -0.05) is 11.6 Å². The third kappa shape index (κ3) is 1.10. The van der Waals surface area contributed by atoms with Crippen molar-refractivity contribution in [3.05, 3.63) is 11.2 Å². The average Bonchev–Trinajstić information content (AvgIpc) is 1.87. The van der Waals surface area contributed by atoms with Crippen LogP contribution in [0.25, 0.3) is 0 Å². The zero-order chi connectivity index (χ0) is 5.28. The molecule has 0 saturated heterocycles. The van der Waals surface area contributed by atoms with Crippen LogP contribution in [0.2, 0.25) is 0 Å². The molecule has 40 valence electrons. The monoisotopic (exact) mass is 117 g/mol. The third-order valence-corrected chi connectivity index (χ3v) is 1.29. The van der Waals surface area contributed by atoms with Crippen molar-refractivity contribution in [2.75, 3.05) is 0 Å². The molecular weight excluding hydrogens is 110 g/mol. The van der Waals surface area contributed by atoms with Gasteiger partial charge in [-0.05, 0) is 6.92 Å². The first-order chi connectivity index (χ1) is 3.29. The number of nitrogens with one attached hydrogen (secondary N) is 1. The Morgan fingerprint density at radius 2 is 2.71 bits per heavy atom. The van der Waals surface area contributed by atoms with E-state index in [1.165, 1.54) is 0 Å². The minimum atomic E-state index is 0.549. The predicted molar refractivity (Wildman–Crippen MR) is 31.2 cm³/mol. The van der Waals surface area contributed by atoms with Crippen LogP contribution in [0.3, 0.4) is 0 Å². The van der Waals surface area contributed by atoms with E-state index in [2.05, 4.69) is 12.2 Å². The van der Waals surface area contributed by atoms with Crippen molar-refractivity contribution < 1.29 is 0 Å². The molecule has 1 unspecified atom stereocenters. The van der Waals surface area contributed by atoms with Gasteiger partial charge in [-0.2, -0.15) is 0 Å². The van der Waals surface area contributed by atoms with Gasteiger partial charge in [-0.3, -0.25) is 0 Å². The van der Waals surface area contributed by atoms with E-state index >= 15 is 0 Å². The van der Waals surface area contributed by atoms with E-state index in [-0.39, 0.29) is 0 Å². The second-order valence-electron chi connectivity index (χ2n) is 1.86. The van der Waals surface area contributed by atoms with Crippen molar-refractivity contribution in [3.63, 3.8) is 0 Å². The van der Waals surface area contributed by atoms with Crippen molar-refractivity contribution in [2.45, 2.75) is 19.4 Å². The number of rotatable bonds is 0. The minimum absolute atomic E-state index is 0.549. The SMILES string of the molecule is CC1CC(Cl)=CN1. The van der Waals surface area contributed by atoms with E-state index in [4.69, 9.17) is 11.6 Å². The fourth-order valence-electron chi connectivity index (χ4n) is 0.643. The maximum Gasteiger partial charge on any atom is 0.0357 e. The Morgan fingerprint density at radius 1 is 2.00 bits per heavy atom. The highest BCUT2D eigenvalue weighted by Gasteiger charge is 2.07. The average molecular weight is 118 g/mol. The van der Waals surface area contributed by atoms with Crippen LogP contribution in [0.4, 0.5) is 0 Å². The molecule has 1 atom stereocenters. The molecule has 2 heteroatoms. The predicted octanol–water partition coefficient (Wildman–Crippen LogP) is 1.45.